The number of hydrogen-bond acceptors (Lipinski definition) is 5. The lowest BCUT2D eigenvalue weighted by Gasteiger charge is -2.13. The highest BCUT2D eigenvalue weighted by molar-refractivity contribution is 6.20. The maximum atomic E-state index is 12.0. The van der Waals surface area contributed by atoms with Crippen LogP contribution >= 0.6 is 0 Å². The normalized spacial score (nSPS) is 13.8. The second-order valence-corrected chi connectivity index (χ2v) is 4.42. The topological polar surface area (TPSA) is 69.0 Å². The molecule has 2 aromatic rings. The SMILES string of the molecule is O=C1c2ccccc2C(=O)N1OCCOCc1ccco1. The Morgan fingerprint density at radius 3 is 2.29 bits per heavy atom. The summed E-state index contributed by atoms with van der Waals surface area (Å²) in [7, 11) is 0. The lowest BCUT2D eigenvalue weighted by molar-refractivity contribution is -0.107. The average Bonchev–Trinajstić information content (AvgIpc) is 3.10. The van der Waals surface area contributed by atoms with Gasteiger partial charge in [0.2, 0.25) is 0 Å². The molecule has 0 bridgehead atoms. The molecule has 0 saturated carbocycles. The third kappa shape index (κ3) is 2.72. The summed E-state index contributed by atoms with van der Waals surface area (Å²) in [5.74, 6) is -0.181. The van der Waals surface area contributed by atoms with Crippen LogP contribution in [0, 0.1) is 0 Å². The van der Waals surface area contributed by atoms with Gasteiger partial charge in [0.15, 0.2) is 0 Å². The molecule has 21 heavy (non-hydrogen) atoms. The lowest BCUT2D eigenvalue weighted by Crippen LogP contribution is -2.31. The molecule has 1 aromatic carbocycles. The number of ether oxygens (including phenoxy) is 1. The zero-order valence-corrected chi connectivity index (χ0v) is 11.2. The highest BCUT2D eigenvalue weighted by Gasteiger charge is 2.36. The average molecular weight is 287 g/mol. The minimum Gasteiger partial charge on any atom is -0.467 e. The summed E-state index contributed by atoms with van der Waals surface area (Å²) < 4.78 is 10.4. The van der Waals surface area contributed by atoms with Crippen molar-refractivity contribution in [3.8, 4) is 0 Å². The predicted molar refractivity (Wildman–Crippen MR) is 71.3 cm³/mol. The van der Waals surface area contributed by atoms with E-state index in [0.717, 1.165) is 5.06 Å². The molecule has 0 aliphatic carbocycles. The third-order valence-electron chi connectivity index (χ3n) is 3.03. The molecule has 0 N–H and O–H groups in total. The molecule has 0 fully saturated rings. The maximum absolute atomic E-state index is 12.0. The first-order valence-corrected chi connectivity index (χ1v) is 6.48. The number of fused-ring (bicyclic) bond motifs is 1. The first kappa shape index (κ1) is 13.5. The predicted octanol–water partition coefficient (Wildman–Crippen LogP) is 2.02. The van der Waals surface area contributed by atoms with Gasteiger partial charge < -0.3 is 9.15 Å². The molecule has 1 aromatic heterocycles. The van der Waals surface area contributed by atoms with Gasteiger partial charge in [-0.15, -0.1) is 5.06 Å². The van der Waals surface area contributed by atoms with E-state index in [9.17, 15) is 9.59 Å². The van der Waals surface area contributed by atoms with Gasteiger partial charge >= 0.3 is 0 Å². The summed E-state index contributed by atoms with van der Waals surface area (Å²) >= 11 is 0. The fourth-order valence-electron chi connectivity index (χ4n) is 2.04. The Morgan fingerprint density at radius 2 is 1.67 bits per heavy atom. The summed E-state index contributed by atoms with van der Waals surface area (Å²) in [5, 5.41) is 0.779. The fourth-order valence-corrected chi connectivity index (χ4v) is 2.04. The Bertz CT molecular complexity index is 615. The molecule has 108 valence electrons. The van der Waals surface area contributed by atoms with Gasteiger partial charge in [-0.05, 0) is 24.3 Å². The van der Waals surface area contributed by atoms with Crippen molar-refractivity contribution in [3.05, 3.63) is 59.5 Å². The summed E-state index contributed by atoms with van der Waals surface area (Å²) in [5.41, 5.74) is 0.720. The van der Waals surface area contributed by atoms with Crippen LogP contribution in [0.3, 0.4) is 0 Å². The van der Waals surface area contributed by atoms with Gasteiger partial charge in [-0.3, -0.25) is 14.4 Å². The van der Waals surface area contributed by atoms with E-state index in [2.05, 4.69) is 0 Å². The molecule has 0 atom stereocenters. The summed E-state index contributed by atoms with van der Waals surface area (Å²) in [6, 6.07) is 10.2. The molecule has 0 saturated heterocycles. The van der Waals surface area contributed by atoms with Crippen LogP contribution in [0.2, 0.25) is 0 Å². The van der Waals surface area contributed by atoms with Gasteiger partial charge in [0.1, 0.15) is 12.4 Å². The van der Waals surface area contributed by atoms with Crippen LogP contribution in [0.1, 0.15) is 26.5 Å². The van der Waals surface area contributed by atoms with Crippen LogP contribution in [-0.2, 0) is 16.2 Å². The van der Waals surface area contributed by atoms with Crippen LogP contribution in [-0.4, -0.2) is 30.1 Å². The number of hydrogen-bond donors (Lipinski definition) is 0. The first-order valence-electron chi connectivity index (χ1n) is 6.48. The highest BCUT2D eigenvalue weighted by atomic mass is 16.7. The van der Waals surface area contributed by atoms with Gasteiger partial charge in [0, 0.05) is 0 Å². The molecule has 0 radical (unpaired) electrons. The zero-order chi connectivity index (χ0) is 14.7. The molecule has 3 rings (SSSR count). The van der Waals surface area contributed by atoms with Gasteiger partial charge in [-0.1, -0.05) is 12.1 Å². The molecule has 0 unspecified atom stereocenters. The molecule has 2 heterocycles. The third-order valence-corrected chi connectivity index (χ3v) is 3.03. The quantitative estimate of drug-likeness (QED) is 0.600. The number of carbonyl (C=O) groups is 2. The number of hydroxylamine groups is 2. The minimum atomic E-state index is -0.443. The second kappa shape index (κ2) is 5.90. The Kier molecular flexibility index (Phi) is 3.81. The Morgan fingerprint density at radius 1 is 0.952 bits per heavy atom. The van der Waals surface area contributed by atoms with E-state index in [1.54, 1.807) is 42.7 Å². The van der Waals surface area contributed by atoms with E-state index < -0.39 is 11.8 Å². The highest BCUT2D eigenvalue weighted by Crippen LogP contribution is 2.22. The standard InChI is InChI=1S/C15H13NO5/c17-14-12-5-1-2-6-13(12)15(18)16(14)21-9-8-19-10-11-4-3-7-20-11/h1-7H,8-10H2. The molecule has 6 nitrogen and oxygen atoms in total. The van der Waals surface area contributed by atoms with Gasteiger partial charge in [-0.2, -0.15) is 0 Å². The van der Waals surface area contributed by atoms with Crippen molar-refractivity contribution in [1.82, 2.24) is 5.06 Å². The largest absolute Gasteiger partial charge is 0.467 e. The second-order valence-electron chi connectivity index (χ2n) is 4.42. The number of imide groups is 1. The number of rotatable bonds is 6. The molecule has 1 aliphatic rings. The van der Waals surface area contributed by atoms with Crippen LogP contribution in [0.25, 0.3) is 0 Å². The van der Waals surface area contributed by atoms with Crippen LogP contribution in [0.15, 0.2) is 47.1 Å². The summed E-state index contributed by atoms with van der Waals surface area (Å²) in [6.07, 6.45) is 1.56. The van der Waals surface area contributed by atoms with Crippen LogP contribution < -0.4 is 0 Å². The molecule has 1 aliphatic heterocycles. The number of benzene rings is 1. The van der Waals surface area contributed by atoms with E-state index in [0.29, 0.717) is 23.5 Å². The van der Waals surface area contributed by atoms with Crippen molar-refractivity contribution in [1.29, 1.82) is 0 Å². The molecule has 0 spiro atoms. The van der Waals surface area contributed by atoms with E-state index in [1.165, 1.54) is 0 Å². The van der Waals surface area contributed by atoms with Crippen molar-refractivity contribution in [2.75, 3.05) is 13.2 Å². The van der Waals surface area contributed by atoms with E-state index in [1.807, 2.05) is 0 Å². The monoisotopic (exact) mass is 287 g/mol. The Hall–Kier alpha value is -2.44. The van der Waals surface area contributed by atoms with Crippen LogP contribution in [0.5, 0.6) is 0 Å². The lowest BCUT2D eigenvalue weighted by atomic mass is 10.1. The molecular formula is C15H13NO5. The number of amides is 2. The van der Waals surface area contributed by atoms with E-state index in [-0.39, 0.29) is 13.2 Å². The zero-order valence-electron chi connectivity index (χ0n) is 11.2. The summed E-state index contributed by atoms with van der Waals surface area (Å²) in [4.78, 5) is 29.2. The number of furan rings is 1. The van der Waals surface area contributed by atoms with Crippen molar-refractivity contribution >= 4 is 11.8 Å². The van der Waals surface area contributed by atoms with E-state index >= 15 is 0 Å². The van der Waals surface area contributed by atoms with Gasteiger partial charge in [0.25, 0.3) is 11.8 Å². The number of carbonyl (C=O) groups excluding carboxylic acids is 2. The van der Waals surface area contributed by atoms with Crippen LogP contribution in [0.4, 0.5) is 0 Å². The molecule has 2 amide bonds. The van der Waals surface area contributed by atoms with Crippen molar-refractivity contribution in [2.24, 2.45) is 0 Å². The maximum Gasteiger partial charge on any atom is 0.285 e. The minimum absolute atomic E-state index is 0.103. The summed E-state index contributed by atoms with van der Waals surface area (Å²) in [6.45, 7) is 0.665. The Labute approximate surface area is 120 Å². The van der Waals surface area contributed by atoms with Gasteiger partial charge in [-0.25, -0.2) is 0 Å². The van der Waals surface area contributed by atoms with Crippen molar-refractivity contribution in [2.45, 2.75) is 6.61 Å². The Balaban J connectivity index is 1.48. The molecular weight excluding hydrogens is 274 g/mol. The molecule has 6 heteroatoms. The van der Waals surface area contributed by atoms with Crippen molar-refractivity contribution < 1.29 is 23.6 Å². The fraction of sp³-hybridized carbons (Fsp3) is 0.200. The van der Waals surface area contributed by atoms with Gasteiger partial charge in [0.05, 0.1) is 30.6 Å². The van der Waals surface area contributed by atoms with E-state index in [4.69, 9.17) is 14.0 Å². The van der Waals surface area contributed by atoms with Crippen molar-refractivity contribution in [3.63, 3.8) is 0 Å². The number of nitrogens with zero attached hydrogens (tertiary/aromatic N) is 1. The smallest absolute Gasteiger partial charge is 0.285 e. The first-order chi connectivity index (χ1) is 10.3.